The van der Waals surface area contributed by atoms with Crippen LogP contribution in [0.4, 0.5) is 5.69 Å². The molecule has 2 N–H and O–H groups in total. The van der Waals surface area contributed by atoms with E-state index in [0.29, 0.717) is 0 Å². The van der Waals surface area contributed by atoms with E-state index in [1.807, 2.05) is 0 Å². The molecule has 1 heterocycles. The lowest BCUT2D eigenvalue weighted by Gasteiger charge is -2.40. The SMILES string of the molecule is CC1(C)Nc2ccccc2[C@@H](c2ccccc2)N1. The van der Waals surface area contributed by atoms with Crippen molar-refractivity contribution < 1.29 is 0 Å². The average Bonchev–Trinajstić information content (AvgIpc) is 2.38. The molecule has 0 saturated heterocycles. The Balaban J connectivity index is 2.10. The second-order valence-corrected chi connectivity index (χ2v) is 5.33. The number of fused-ring (bicyclic) bond motifs is 1. The summed E-state index contributed by atoms with van der Waals surface area (Å²) in [5, 5.41) is 7.18. The third-order valence-corrected chi connectivity index (χ3v) is 3.36. The van der Waals surface area contributed by atoms with Gasteiger partial charge in [-0.3, -0.25) is 5.32 Å². The third kappa shape index (κ3) is 2.00. The van der Waals surface area contributed by atoms with Crippen molar-refractivity contribution >= 4 is 5.69 Å². The molecule has 0 bridgehead atoms. The van der Waals surface area contributed by atoms with Gasteiger partial charge in [-0.1, -0.05) is 48.5 Å². The second kappa shape index (κ2) is 4.14. The Labute approximate surface area is 108 Å². The Morgan fingerprint density at radius 1 is 0.889 bits per heavy atom. The van der Waals surface area contributed by atoms with E-state index in [-0.39, 0.29) is 11.7 Å². The zero-order valence-electron chi connectivity index (χ0n) is 10.8. The molecule has 1 aliphatic rings. The van der Waals surface area contributed by atoms with Gasteiger partial charge in [-0.05, 0) is 31.0 Å². The van der Waals surface area contributed by atoms with Crippen molar-refractivity contribution in [2.24, 2.45) is 0 Å². The molecule has 0 saturated carbocycles. The number of anilines is 1. The summed E-state index contributed by atoms with van der Waals surface area (Å²) in [6.45, 7) is 4.33. The second-order valence-electron chi connectivity index (χ2n) is 5.33. The number of para-hydroxylation sites is 1. The molecule has 0 radical (unpaired) electrons. The minimum atomic E-state index is -0.102. The van der Waals surface area contributed by atoms with Gasteiger partial charge in [-0.2, -0.15) is 0 Å². The zero-order valence-corrected chi connectivity index (χ0v) is 10.8. The highest BCUT2D eigenvalue weighted by Crippen LogP contribution is 2.35. The molecular formula is C16H18N2. The molecule has 1 atom stereocenters. The molecule has 3 rings (SSSR count). The van der Waals surface area contributed by atoms with Crippen molar-refractivity contribution in [1.82, 2.24) is 5.32 Å². The molecule has 0 aliphatic carbocycles. The number of hydrogen-bond acceptors (Lipinski definition) is 2. The molecule has 2 nitrogen and oxygen atoms in total. The van der Waals surface area contributed by atoms with Gasteiger partial charge in [0.15, 0.2) is 0 Å². The highest BCUT2D eigenvalue weighted by molar-refractivity contribution is 5.58. The quantitative estimate of drug-likeness (QED) is 0.794. The minimum absolute atomic E-state index is 0.102. The molecule has 2 aromatic rings. The molecule has 2 heteroatoms. The van der Waals surface area contributed by atoms with E-state index in [4.69, 9.17) is 0 Å². The van der Waals surface area contributed by atoms with E-state index in [0.717, 1.165) is 0 Å². The Kier molecular flexibility index (Phi) is 2.60. The Bertz CT molecular complexity index is 546. The number of nitrogens with one attached hydrogen (secondary N) is 2. The van der Waals surface area contributed by atoms with Gasteiger partial charge in [0, 0.05) is 5.69 Å². The summed E-state index contributed by atoms with van der Waals surface area (Å²) in [5.41, 5.74) is 3.73. The highest BCUT2D eigenvalue weighted by Gasteiger charge is 2.30. The van der Waals surface area contributed by atoms with Crippen LogP contribution in [0.3, 0.4) is 0 Å². The lowest BCUT2D eigenvalue weighted by Crippen LogP contribution is -2.51. The monoisotopic (exact) mass is 238 g/mol. The summed E-state index contributed by atoms with van der Waals surface area (Å²) in [5.74, 6) is 0. The predicted octanol–water partition coefficient (Wildman–Crippen LogP) is 3.53. The first-order chi connectivity index (χ1) is 8.66. The summed E-state index contributed by atoms with van der Waals surface area (Å²) in [6.07, 6.45) is 0. The molecule has 1 aliphatic heterocycles. The largest absolute Gasteiger partial charge is 0.367 e. The summed E-state index contributed by atoms with van der Waals surface area (Å²) < 4.78 is 0. The van der Waals surface area contributed by atoms with Gasteiger partial charge in [0.25, 0.3) is 0 Å². The highest BCUT2D eigenvalue weighted by atomic mass is 15.2. The van der Waals surface area contributed by atoms with Crippen molar-refractivity contribution in [3.05, 3.63) is 65.7 Å². The maximum absolute atomic E-state index is 3.65. The lowest BCUT2D eigenvalue weighted by atomic mass is 9.92. The van der Waals surface area contributed by atoms with E-state index >= 15 is 0 Å². The zero-order chi connectivity index (χ0) is 12.6. The van der Waals surface area contributed by atoms with E-state index in [9.17, 15) is 0 Å². The molecule has 0 unspecified atom stereocenters. The topological polar surface area (TPSA) is 24.1 Å². The van der Waals surface area contributed by atoms with Crippen molar-refractivity contribution in [3.8, 4) is 0 Å². The smallest absolute Gasteiger partial charge is 0.0831 e. The van der Waals surface area contributed by atoms with E-state index in [1.165, 1.54) is 16.8 Å². The summed E-state index contributed by atoms with van der Waals surface area (Å²) in [6, 6.07) is 19.3. The Morgan fingerprint density at radius 3 is 2.33 bits per heavy atom. The van der Waals surface area contributed by atoms with Crippen molar-refractivity contribution in [3.63, 3.8) is 0 Å². The molecule has 0 spiro atoms. The number of benzene rings is 2. The van der Waals surface area contributed by atoms with Crippen LogP contribution in [0.2, 0.25) is 0 Å². The molecule has 2 aromatic carbocycles. The summed E-state index contributed by atoms with van der Waals surface area (Å²) in [7, 11) is 0. The maximum atomic E-state index is 3.65. The standard InChI is InChI=1S/C16H18N2/c1-16(2)17-14-11-7-6-10-13(14)15(18-16)12-8-4-3-5-9-12/h3-11,15,17-18H,1-2H3/t15-/m1/s1. The molecule has 92 valence electrons. The van der Waals surface area contributed by atoms with Crippen LogP contribution in [0, 0.1) is 0 Å². The molecule has 18 heavy (non-hydrogen) atoms. The number of hydrogen-bond donors (Lipinski definition) is 2. The van der Waals surface area contributed by atoms with Crippen LogP contribution < -0.4 is 10.6 Å². The van der Waals surface area contributed by atoms with Crippen LogP contribution in [0.15, 0.2) is 54.6 Å². The summed E-state index contributed by atoms with van der Waals surface area (Å²) in [4.78, 5) is 0. The normalized spacial score (nSPS) is 20.9. The van der Waals surface area contributed by atoms with Crippen LogP contribution in [0.1, 0.15) is 31.0 Å². The lowest BCUT2D eigenvalue weighted by molar-refractivity contribution is 0.387. The van der Waals surface area contributed by atoms with Gasteiger partial charge in [0.2, 0.25) is 0 Å². The minimum Gasteiger partial charge on any atom is -0.367 e. The molecule has 0 aromatic heterocycles. The first kappa shape index (κ1) is 11.3. The van der Waals surface area contributed by atoms with Crippen molar-refractivity contribution in [1.29, 1.82) is 0 Å². The third-order valence-electron chi connectivity index (χ3n) is 3.36. The van der Waals surface area contributed by atoms with Gasteiger partial charge in [0.1, 0.15) is 0 Å². The molecule has 0 fully saturated rings. The molecule has 0 amide bonds. The van der Waals surface area contributed by atoms with Gasteiger partial charge in [-0.15, -0.1) is 0 Å². The van der Waals surface area contributed by atoms with Crippen LogP contribution in [-0.4, -0.2) is 5.66 Å². The fraction of sp³-hybridized carbons (Fsp3) is 0.250. The van der Waals surface area contributed by atoms with Gasteiger partial charge in [-0.25, -0.2) is 0 Å². The van der Waals surface area contributed by atoms with Gasteiger partial charge in [0.05, 0.1) is 11.7 Å². The first-order valence-electron chi connectivity index (χ1n) is 6.35. The summed E-state index contributed by atoms with van der Waals surface area (Å²) >= 11 is 0. The van der Waals surface area contributed by atoms with E-state index in [2.05, 4.69) is 79.1 Å². The molecular weight excluding hydrogens is 220 g/mol. The van der Waals surface area contributed by atoms with Gasteiger partial charge < -0.3 is 5.32 Å². The van der Waals surface area contributed by atoms with Crippen LogP contribution in [-0.2, 0) is 0 Å². The number of rotatable bonds is 1. The van der Waals surface area contributed by atoms with Crippen molar-refractivity contribution in [2.45, 2.75) is 25.6 Å². The van der Waals surface area contributed by atoms with Crippen molar-refractivity contribution in [2.75, 3.05) is 5.32 Å². The van der Waals surface area contributed by atoms with E-state index in [1.54, 1.807) is 0 Å². The van der Waals surface area contributed by atoms with Crippen LogP contribution in [0.25, 0.3) is 0 Å². The maximum Gasteiger partial charge on any atom is 0.0831 e. The average molecular weight is 238 g/mol. The van der Waals surface area contributed by atoms with Crippen LogP contribution in [0.5, 0.6) is 0 Å². The fourth-order valence-corrected chi connectivity index (χ4v) is 2.58. The Morgan fingerprint density at radius 2 is 1.56 bits per heavy atom. The fourth-order valence-electron chi connectivity index (χ4n) is 2.58. The first-order valence-corrected chi connectivity index (χ1v) is 6.35. The Hall–Kier alpha value is -1.80. The van der Waals surface area contributed by atoms with Crippen LogP contribution >= 0.6 is 0 Å². The van der Waals surface area contributed by atoms with E-state index < -0.39 is 0 Å². The van der Waals surface area contributed by atoms with Gasteiger partial charge >= 0.3 is 0 Å². The predicted molar refractivity (Wildman–Crippen MR) is 75.6 cm³/mol.